The van der Waals surface area contributed by atoms with Crippen LogP contribution in [-0.2, 0) is 6.42 Å². The molecule has 80 valence electrons. The fraction of sp³-hybridized carbons (Fsp3) is 0.182. The van der Waals surface area contributed by atoms with Gasteiger partial charge in [-0.1, -0.05) is 0 Å². The first kappa shape index (κ1) is 10.7. The number of rotatable bonds is 4. The Morgan fingerprint density at radius 3 is 2.75 bits per heavy atom. The molecular formula is C11H10N4S. The zero-order valence-corrected chi connectivity index (χ0v) is 9.37. The molecule has 1 N–H and O–H groups in total. The second-order valence-electron chi connectivity index (χ2n) is 3.20. The van der Waals surface area contributed by atoms with Crippen LogP contribution in [0, 0.1) is 11.3 Å². The Kier molecular flexibility index (Phi) is 3.57. The van der Waals surface area contributed by atoms with E-state index in [4.69, 9.17) is 5.26 Å². The van der Waals surface area contributed by atoms with Gasteiger partial charge in [0.2, 0.25) is 0 Å². The molecule has 0 spiro atoms. The van der Waals surface area contributed by atoms with Gasteiger partial charge in [0.15, 0.2) is 0 Å². The molecule has 0 bridgehead atoms. The zero-order valence-electron chi connectivity index (χ0n) is 8.55. The number of nitriles is 1. The second kappa shape index (κ2) is 5.33. The van der Waals surface area contributed by atoms with E-state index < -0.39 is 0 Å². The third-order valence-corrected chi connectivity index (χ3v) is 3.09. The fourth-order valence-corrected chi connectivity index (χ4v) is 2.12. The highest BCUT2D eigenvalue weighted by molar-refractivity contribution is 7.99. The van der Waals surface area contributed by atoms with Crippen LogP contribution in [0.5, 0.6) is 0 Å². The number of nitrogens with one attached hydrogen (secondary N) is 1. The summed E-state index contributed by atoms with van der Waals surface area (Å²) in [5.41, 5.74) is 1.67. The van der Waals surface area contributed by atoms with Crippen molar-refractivity contribution in [3.05, 3.63) is 41.7 Å². The van der Waals surface area contributed by atoms with Crippen molar-refractivity contribution in [2.75, 3.05) is 5.75 Å². The molecule has 0 atom stereocenters. The van der Waals surface area contributed by atoms with Crippen molar-refractivity contribution in [2.45, 2.75) is 11.3 Å². The van der Waals surface area contributed by atoms with Crippen LogP contribution < -0.4 is 0 Å². The number of aromatic amines is 1. The first-order valence-electron chi connectivity index (χ1n) is 4.86. The number of aromatic nitrogens is 3. The van der Waals surface area contributed by atoms with Gasteiger partial charge in [-0.2, -0.15) is 20.7 Å². The quantitative estimate of drug-likeness (QED) is 0.816. The predicted octanol–water partition coefficient (Wildman–Crippen LogP) is 2.01. The summed E-state index contributed by atoms with van der Waals surface area (Å²) in [5.74, 6) is 0.957. The molecule has 1 aromatic carbocycles. The number of thioether (sulfide) groups is 1. The molecular weight excluding hydrogens is 220 g/mol. The lowest BCUT2D eigenvalue weighted by atomic mass is 10.2. The van der Waals surface area contributed by atoms with Crippen LogP contribution in [0.1, 0.15) is 11.3 Å². The Balaban J connectivity index is 1.83. The van der Waals surface area contributed by atoms with Gasteiger partial charge < -0.3 is 0 Å². The zero-order chi connectivity index (χ0) is 11.2. The molecule has 0 aliphatic carbocycles. The van der Waals surface area contributed by atoms with Gasteiger partial charge in [0.05, 0.1) is 23.5 Å². The van der Waals surface area contributed by atoms with Gasteiger partial charge in [-0.25, -0.2) is 0 Å². The van der Waals surface area contributed by atoms with Gasteiger partial charge in [0, 0.05) is 17.1 Å². The molecule has 1 aromatic heterocycles. The van der Waals surface area contributed by atoms with Crippen molar-refractivity contribution >= 4 is 11.8 Å². The third kappa shape index (κ3) is 2.84. The van der Waals surface area contributed by atoms with Gasteiger partial charge in [0.25, 0.3) is 0 Å². The molecule has 4 nitrogen and oxygen atoms in total. The molecule has 0 unspecified atom stereocenters. The summed E-state index contributed by atoms with van der Waals surface area (Å²) in [4.78, 5) is 1.17. The molecule has 2 aromatic rings. The van der Waals surface area contributed by atoms with Crippen molar-refractivity contribution in [2.24, 2.45) is 0 Å². The van der Waals surface area contributed by atoms with E-state index in [1.807, 2.05) is 24.3 Å². The Bertz CT molecular complexity index is 470. The first-order chi connectivity index (χ1) is 7.88. The maximum atomic E-state index is 8.65. The topological polar surface area (TPSA) is 65.4 Å². The average molecular weight is 230 g/mol. The van der Waals surface area contributed by atoms with Crippen molar-refractivity contribution in [1.29, 1.82) is 5.26 Å². The number of aryl methyl sites for hydroxylation is 1. The molecule has 0 fully saturated rings. The molecule has 2 rings (SSSR count). The van der Waals surface area contributed by atoms with E-state index in [9.17, 15) is 0 Å². The molecule has 0 amide bonds. The highest BCUT2D eigenvalue weighted by Gasteiger charge is 1.98. The lowest BCUT2D eigenvalue weighted by molar-refractivity contribution is 0.910. The highest BCUT2D eigenvalue weighted by Crippen LogP contribution is 2.18. The minimum Gasteiger partial charge on any atom is -0.198 e. The maximum absolute atomic E-state index is 8.65. The van der Waals surface area contributed by atoms with Crippen molar-refractivity contribution in [1.82, 2.24) is 15.4 Å². The van der Waals surface area contributed by atoms with Crippen LogP contribution in [0.4, 0.5) is 0 Å². The molecule has 0 aliphatic heterocycles. The van der Waals surface area contributed by atoms with Gasteiger partial charge in [-0.15, -0.1) is 11.8 Å². The van der Waals surface area contributed by atoms with E-state index in [1.54, 1.807) is 18.0 Å². The van der Waals surface area contributed by atoms with Crippen LogP contribution >= 0.6 is 11.8 Å². The Hall–Kier alpha value is -1.80. The molecule has 0 saturated heterocycles. The van der Waals surface area contributed by atoms with Gasteiger partial charge >= 0.3 is 0 Å². The van der Waals surface area contributed by atoms with Crippen LogP contribution in [-0.4, -0.2) is 21.2 Å². The van der Waals surface area contributed by atoms with E-state index in [0.29, 0.717) is 5.56 Å². The minimum absolute atomic E-state index is 0.695. The van der Waals surface area contributed by atoms with Gasteiger partial charge in [-0.05, 0) is 24.3 Å². The molecule has 0 aliphatic rings. The lowest BCUT2D eigenvalue weighted by Gasteiger charge is -1.99. The van der Waals surface area contributed by atoms with Crippen molar-refractivity contribution in [3.63, 3.8) is 0 Å². The Morgan fingerprint density at radius 1 is 1.31 bits per heavy atom. The maximum Gasteiger partial charge on any atom is 0.0991 e. The molecule has 1 heterocycles. The van der Waals surface area contributed by atoms with Gasteiger partial charge in [-0.3, -0.25) is 0 Å². The predicted molar refractivity (Wildman–Crippen MR) is 62.0 cm³/mol. The number of hydrogen-bond acceptors (Lipinski definition) is 4. The van der Waals surface area contributed by atoms with Crippen LogP contribution in [0.15, 0.2) is 35.4 Å². The SMILES string of the molecule is N#Cc1ccc(SCCc2cn[nH]n2)cc1. The summed E-state index contributed by atoms with van der Waals surface area (Å²) in [6.07, 6.45) is 2.63. The van der Waals surface area contributed by atoms with Gasteiger partial charge in [0.1, 0.15) is 0 Å². The Morgan fingerprint density at radius 2 is 2.12 bits per heavy atom. The normalized spacial score (nSPS) is 9.94. The van der Waals surface area contributed by atoms with Crippen LogP contribution in [0.2, 0.25) is 0 Å². The number of hydrogen-bond donors (Lipinski definition) is 1. The summed E-state index contributed by atoms with van der Waals surface area (Å²) in [5, 5.41) is 19.0. The molecule has 5 heteroatoms. The van der Waals surface area contributed by atoms with E-state index in [2.05, 4.69) is 21.5 Å². The average Bonchev–Trinajstić information content (AvgIpc) is 2.83. The second-order valence-corrected chi connectivity index (χ2v) is 4.36. The number of nitrogens with zero attached hydrogens (tertiary/aromatic N) is 3. The minimum atomic E-state index is 0.695. The monoisotopic (exact) mass is 230 g/mol. The summed E-state index contributed by atoms with van der Waals surface area (Å²) in [6.45, 7) is 0. The summed E-state index contributed by atoms with van der Waals surface area (Å²) in [7, 11) is 0. The largest absolute Gasteiger partial charge is 0.198 e. The van der Waals surface area contributed by atoms with Crippen molar-refractivity contribution < 1.29 is 0 Å². The van der Waals surface area contributed by atoms with E-state index in [0.717, 1.165) is 17.9 Å². The Labute approximate surface area is 97.7 Å². The summed E-state index contributed by atoms with van der Waals surface area (Å²) >= 11 is 1.75. The summed E-state index contributed by atoms with van der Waals surface area (Å²) in [6, 6.07) is 9.69. The smallest absolute Gasteiger partial charge is 0.0991 e. The van der Waals surface area contributed by atoms with E-state index >= 15 is 0 Å². The fourth-order valence-electron chi connectivity index (χ4n) is 1.24. The van der Waals surface area contributed by atoms with E-state index in [-0.39, 0.29) is 0 Å². The molecule has 16 heavy (non-hydrogen) atoms. The first-order valence-corrected chi connectivity index (χ1v) is 5.84. The van der Waals surface area contributed by atoms with Crippen LogP contribution in [0.25, 0.3) is 0 Å². The van der Waals surface area contributed by atoms with E-state index in [1.165, 1.54) is 4.90 Å². The highest BCUT2D eigenvalue weighted by atomic mass is 32.2. The third-order valence-electron chi connectivity index (χ3n) is 2.08. The molecule has 0 radical (unpaired) electrons. The number of benzene rings is 1. The number of H-pyrrole nitrogens is 1. The molecule has 0 saturated carbocycles. The van der Waals surface area contributed by atoms with Crippen LogP contribution in [0.3, 0.4) is 0 Å². The van der Waals surface area contributed by atoms with Crippen molar-refractivity contribution in [3.8, 4) is 6.07 Å². The standard InChI is InChI=1S/C11H10N4S/c12-7-9-1-3-11(4-2-9)16-6-5-10-8-13-15-14-10/h1-4,8H,5-6H2,(H,13,14,15). The summed E-state index contributed by atoms with van der Waals surface area (Å²) < 4.78 is 0. The lowest BCUT2D eigenvalue weighted by Crippen LogP contribution is -1.88.